The second-order valence-electron chi connectivity index (χ2n) is 4.89. The lowest BCUT2D eigenvalue weighted by Gasteiger charge is -2.06. The Balaban J connectivity index is 2.31. The molecule has 0 unspecified atom stereocenters. The van der Waals surface area contributed by atoms with Crippen molar-refractivity contribution in [1.82, 2.24) is 20.0 Å². The summed E-state index contributed by atoms with van der Waals surface area (Å²) in [6.45, 7) is 3.99. The number of nitrogens with zero attached hydrogens (tertiary/aromatic N) is 3. The molecule has 5 nitrogen and oxygen atoms in total. The summed E-state index contributed by atoms with van der Waals surface area (Å²) in [7, 11) is 0. The molecule has 6 heteroatoms. The fraction of sp³-hybridized carbons (Fsp3) is 0.214. The summed E-state index contributed by atoms with van der Waals surface area (Å²) in [5, 5.41) is 11.5. The van der Waals surface area contributed by atoms with Crippen molar-refractivity contribution in [1.29, 1.82) is 0 Å². The van der Waals surface area contributed by atoms with E-state index in [4.69, 9.17) is 0 Å². The fourth-order valence-electron chi connectivity index (χ4n) is 2.20. The van der Waals surface area contributed by atoms with Crippen LogP contribution in [0, 0.1) is 5.82 Å². The average Bonchev–Trinajstić information content (AvgIpc) is 2.85. The molecule has 0 saturated heterocycles. The summed E-state index contributed by atoms with van der Waals surface area (Å²) in [6, 6.07) is 5.83. The number of aromatic amines is 1. The van der Waals surface area contributed by atoms with Crippen LogP contribution in [0.2, 0.25) is 0 Å². The Morgan fingerprint density at radius 2 is 1.95 bits per heavy atom. The highest BCUT2D eigenvalue weighted by Gasteiger charge is 2.15. The van der Waals surface area contributed by atoms with Crippen LogP contribution in [0.1, 0.15) is 25.5 Å². The number of nitrogens with one attached hydrogen (secondary N) is 1. The standard InChI is InChI=1S/C14H13FN4O/c1-8(2)12-11-7-16-19(13(11)14(20)18-17-12)10-5-3-9(15)4-6-10/h3-8H,1-2H3,(H,18,20). The predicted octanol–water partition coefficient (Wildman–Crippen LogP) is 2.37. The maximum absolute atomic E-state index is 13.0. The molecule has 0 aliphatic heterocycles. The molecule has 3 aromatic rings. The Labute approximate surface area is 114 Å². The quantitative estimate of drug-likeness (QED) is 0.779. The van der Waals surface area contributed by atoms with E-state index in [1.807, 2.05) is 13.8 Å². The van der Waals surface area contributed by atoms with Gasteiger partial charge >= 0.3 is 0 Å². The van der Waals surface area contributed by atoms with Crippen LogP contribution in [0.25, 0.3) is 16.6 Å². The van der Waals surface area contributed by atoms with Crippen LogP contribution in [0.15, 0.2) is 35.3 Å². The maximum atomic E-state index is 13.0. The monoisotopic (exact) mass is 272 g/mol. The van der Waals surface area contributed by atoms with Gasteiger partial charge in [0.15, 0.2) is 0 Å². The second-order valence-corrected chi connectivity index (χ2v) is 4.89. The van der Waals surface area contributed by atoms with Crippen molar-refractivity contribution in [2.75, 3.05) is 0 Å². The van der Waals surface area contributed by atoms with Gasteiger partial charge in [0.2, 0.25) is 0 Å². The summed E-state index contributed by atoms with van der Waals surface area (Å²) >= 11 is 0. The zero-order chi connectivity index (χ0) is 14.3. The highest BCUT2D eigenvalue weighted by molar-refractivity contribution is 5.81. The molecule has 102 valence electrons. The van der Waals surface area contributed by atoms with Crippen molar-refractivity contribution >= 4 is 10.9 Å². The minimum absolute atomic E-state index is 0.167. The lowest BCUT2D eigenvalue weighted by atomic mass is 10.1. The maximum Gasteiger partial charge on any atom is 0.290 e. The van der Waals surface area contributed by atoms with Gasteiger partial charge in [-0.1, -0.05) is 13.8 Å². The summed E-state index contributed by atoms with van der Waals surface area (Å²) in [6.07, 6.45) is 1.62. The van der Waals surface area contributed by atoms with E-state index in [1.165, 1.54) is 16.8 Å². The molecule has 0 spiro atoms. The van der Waals surface area contributed by atoms with E-state index in [1.54, 1.807) is 18.3 Å². The van der Waals surface area contributed by atoms with Crippen molar-refractivity contribution in [3.05, 3.63) is 52.3 Å². The highest BCUT2D eigenvalue weighted by Crippen LogP contribution is 2.22. The van der Waals surface area contributed by atoms with E-state index >= 15 is 0 Å². The average molecular weight is 272 g/mol. The summed E-state index contributed by atoms with van der Waals surface area (Å²) in [4.78, 5) is 12.0. The molecule has 20 heavy (non-hydrogen) atoms. The van der Waals surface area contributed by atoms with Gasteiger partial charge in [0.1, 0.15) is 11.3 Å². The minimum atomic E-state index is -0.330. The molecule has 1 aromatic carbocycles. The second kappa shape index (κ2) is 4.56. The van der Waals surface area contributed by atoms with E-state index in [2.05, 4.69) is 15.3 Å². The summed E-state index contributed by atoms with van der Waals surface area (Å²) < 4.78 is 14.5. The van der Waals surface area contributed by atoms with Crippen molar-refractivity contribution in [3.63, 3.8) is 0 Å². The van der Waals surface area contributed by atoms with E-state index in [0.717, 1.165) is 5.69 Å². The zero-order valence-corrected chi connectivity index (χ0v) is 11.1. The van der Waals surface area contributed by atoms with Crippen molar-refractivity contribution in [2.24, 2.45) is 0 Å². The molecule has 0 saturated carbocycles. The number of rotatable bonds is 2. The van der Waals surface area contributed by atoms with Crippen LogP contribution in [-0.4, -0.2) is 20.0 Å². The van der Waals surface area contributed by atoms with Crippen LogP contribution in [-0.2, 0) is 0 Å². The lowest BCUT2D eigenvalue weighted by Crippen LogP contribution is -2.14. The molecule has 2 aromatic heterocycles. The molecule has 3 rings (SSSR count). The number of hydrogen-bond donors (Lipinski definition) is 1. The molecule has 0 radical (unpaired) electrons. The Kier molecular flexibility index (Phi) is 2.85. The van der Waals surface area contributed by atoms with E-state index in [0.29, 0.717) is 16.6 Å². The van der Waals surface area contributed by atoms with Crippen molar-refractivity contribution in [2.45, 2.75) is 19.8 Å². The first kappa shape index (κ1) is 12.5. The number of benzene rings is 1. The Bertz CT molecular complexity index is 817. The molecule has 2 heterocycles. The zero-order valence-electron chi connectivity index (χ0n) is 11.1. The number of halogens is 1. The first-order valence-corrected chi connectivity index (χ1v) is 6.30. The predicted molar refractivity (Wildman–Crippen MR) is 73.5 cm³/mol. The van der Waals surface area contributed by atoms with E-state index in [-0.39, 0.29) is 17.3 Å². The van der Waals surface area contributed by atoms with Gasteiger partial charge in [0.25, 0.3) is 5.56 Å². The third-order valence-corrected chi connectivity index (χ3v) is 3.16. The van der Waals surface area contributed by atoms with Crippen molar-refractivity contribution in [3.8, 4) is 5.69 Å². The van der Waals surface area contributed by atoms with E-state index < -0.39 is 0 Å². The van der Waals surface area contributed by atoms with Crippen molar-refractivity contribution < 1.29 is 4.39 Å². The number of hydrogen-bond acceptors (Lipinski definition) is 3. The minimum Gasteiger partial charge on any atom is -0.266 e. The third-order valence-electron chi connectivity index (χ3n) is 3.16. The molecular weight excluding hydrogens is 259 g/mol. The third kappa shape index (κ3) is 1.89. The van der Waals surface area contributed by atoms with Crippen LogP contribution in [0.4, 0.5) is 4.39 Å². The number of fused-ring (bicyclic) bond motifs is 1. The molecule has 0 aliphatic rings. The van der Waals surface area contributed by atoms with Gasteiger partial charge < -0.3 is 0 Å². The highest BCUT2D eigenvalue weighted by atomic mass is 19.1. The lowest BCUT2D eigenvalue weighted by molar-refractivity contribution is 0.627. The smallest absolute Gasteiger partial charge is 0.266 e. The Hall–Kier alpha value is -2.50. The Morgan fingerprint density at radius 1 is 1.25 bits per heavy atom. The molecule has 0 bridgehead atoms. The van der Waals surface area contributed by atoms with Gasteiger partial charge in [-0.2, -0.15) is 10.2 Å². The van der Waals surface area contributed by atoms with Gasteiger partial charge in [-0.15, -0.1) is 0 Å². The molecule has 0 fully saturated rings. The topological polar surface area (TPSA) is 63.6 Å². The van der Waals surface area contributed by atoms with Gasteiger partial charge in [-0.3, -0.25) is 4.79 Å². The summed E-state index contributed by atoms with van der Waals surface area (Å²) in [5.41, 5.74) is 1.53. The first-order valence-electron chi connectivity index (χ1n) is 6.30. The normalized spacial score (nSPS) is 11.4. The molecule has 0 atom stereocenters. The van der Waals surface area contributed by atoms with Crippen LogP contribution >= 0.6 is 0 Å². The largest absolute Gasteiger partial charge is 0.290 e. The van der Waals surface area contributed by atoms with Gasteiger partial charge in [-0.25, -0.2) is 14.2 Å². The van der Waals surface area contributed by atoms with Gasteiger partial charge in [0, 0.05) is 5.39 Å². The summed E-state index contributed by atoms with van der Waals surface area (Å²) in [5.74, 6) is -0.163. The number of H-pyrrole nitrogens is 1. The van der Waals surface area contributed by atoms with Gasteiger partial charge in [0.05, 0.1) is 17.6 Å². The molecule has 1 N–H and O–H groups in total. The Morgan fingerprint density at radius 3 is 2.60 bits per heavy atom. The molecule has 0 aliphatic carbocycles. The van der Waals surface area contributed by atoms with Crippen LogP contribution < -0.4 is 5.56 Å². The van der Waals surface area contributed by atoms with Crippen LogP contribution in [0.5, 0.6) is 0 Å². The molecular formula is C14H13FN4O. The number of aromatic nitrogens is 4. The van der Waals surface area contributed by atoms with E-state index in [9.17, 15) is 9.18 Å². The SMILES string of the molecule is CC(C)c1n[nH]c(=O)c2c1cnn2-c1ccc(F)cc1. The van der Waals surface area contributed by atoms with Crippen LogP contribution in [0.3, 0.4) is 0 Å². The first-order chi connectivity index (χ1) is 9.58. The van der Waals surface area contributed by atoms with Gasteiger partial charge in [-0.05, 0) is 30.2 Å². The fourth-order valence-corrected chi connectivity index (χ4v) is 2.20. The molecule has 0 amide bonds.